The van der Waals surface area contributed by atoms with Gasteiger partial charge in [-0.15, -0.1) is 0 Å². The summed E-state index contributed by atoms with van der Waals surface area (Å²) in [6.45, 7) is 3.40. The van der Waals surface area contributed by atoms with Gasteiger partial charge in [0.05, 0.1) is 12.3 Å². The van der Waals surface area contributed by atoms with E-state index in [9.17, 15) is 4.39 Å². The van der Waals surface area contributed by atoms with E-state index in [4.69, 9.17) is 4.74 Å². The normalized spacial score (nSPS) is 10.2. The molecule has 0 aromatic heterocycles. The van der Waals surface area contributed by atoms with Gasteiger partial charge in [0.2, 0.25) is 0 Å². The minimum Gasteiger partial charge on any atom is -0.494 e. The van der Waals surface area contributed by atoms with E-state index in [1.807, 2.05) is 30.3 Å². The highest BCUT2D eigenvalue weighted by Crippen LogP contribution is 2.16. The maximum Gasteiger partial charge on any atom is 0.146 e. The molecule has 0 bridgehead atoms. The molecular formula is C16H18FNO. The van der Waals surface area contributed by atoms with Crippen molar-refractivity contribution in [2.45, 2.75) is 19.9 Å². The Morgan fingerprint density at radius 2 is 1.79 bits per heavy atom. The summed E-state index contributed by atoms with van der Waals surface area (Å²) in [6, 6.07) is 14.5. The molecular weight excluding hydrogens is 241 g/mol. The Kier molecular flexibility index (Phi) is 4.78. The zero-order valence-electron chi connectivity index (χ0n) is 11.0. The lowest BCUT2D eigenvalue weighted by molar-refractivity contribution is 0.317. The Hall–Kier alpha value is -2.03. The van der Waals surface area contributed by atoms with Crippen LogP contribution in [0.4, 0.5) is 10.1 Å². The van der Waals surface area contributed by atoms with E-state index in [-0.39, 0.29) is 5.82 Å². The molecule has 3 heteroatoms. The van der Waals surface area contributed by atoms with Crippen molar-refractivity contribution >= 4 is 5.69 Å². The first-order valence-electron chi connectivity index (χ1n) is 6.49. The summed E-state index contributed by atoms with van der Waals surface area (Å²) in [5.74, 6) is 0.641. The number of ether oxygens (including phenoxy) is 1. The molecule has 2 aromatic carbocycles. The molecule has 0 amide bonds. The van der Waals surface area contributed by atoms with E-state index in [2.05, 4.69) is 12.2 Å². The van der Waals surface area contributed by atoms with Crippen LogP contribution in [0.25, 0.3) is 0 Å². The largest absolute Gasteiger partial charge is 0.494 e. The quantitative estimate of drug-likeness (QED) is 0.838. The minimum absolute atomic E-state index is 0.231. The van der Waals surface area contributed by atoms with Crippen molar-refractivity contribution in [2.24, 2.45) is 0 Å². The second-order valence-corrected chi connectivity index (χ2v) is 4.33. The molecule has 0 atom stereocenters. The molecule has 2 aromatic rings. The summed E-state index contributed by atoms with van der Waals surface area (Å²) in [5.41, 5.74) is 1.61. The zero-order valence-corrected chi connectivity index (χ0v) is 11.0. The zero-order chi connectivity index (χ0) is 13.5. The van der Waals surface area contributed by atoms with Crippen LogP contribution in [-0.4, -0.2) is 6.61 Å². The first-order chi connectivity index (χ1) is 9.29. The summed E-state index contributed by atoms with van der Waals surface area (Å²) >= 11 is 0. The smallest absolute Gasteiger partial charge is 0.146 e. The molecule has 0 saturated heterocycles. The van der Waals surface area contributed by atoms with Crippen LogP contribution in [0.1, 0.15) is 18.9 Å². The number of benzene rings is 2. The molecule has 0 aliphatic rings. The van der Waals surface area contributed by atoms with Gasteiger partial charge in [0.1, 0.15) is 11.6 Å². The maximum absolute atomic E-state index is 13.4. The third-order valence-electron chi connectivity index (χ3n) is 2.75. The van der Waals surface area contributed by atoms with E-state index in [0.717, 1.165) is 24.3 Å². The SMILES string of the molecule is CCCOc1ccc(CNc2ccccc2F)cc1. The second kappa shape index (κ2) is 6.78. The highest BCUT2D eigenvalue weighted by molar-refractivity contribution is 5.45. The van der Waals surface area contributed by atoms with Crippen molar-refractivity contribution in [3.05, 3.63) is 59.9 Å². The fourth-order valence-corrected chi connectivity index (χ4v) is 1.73. The number of nitrogens with one attached hydrogen (secondary N) is 1. The fourth-order valence-electron chi connectivity index (χ4n) is 1.73. The van der Waals surface area contributed by atoms with Gasteiger partial charge in [-0.1, -0.05) is 31.2 Å². The highest BCUT2D eigenvalue weighted by atomic mass is 19.1. The number of rotatable bonds is 6. The second-order valence-electron chi connectivity index (χ2n) is 4.33. The van der Waals surface area contributed by atoms with Crippen molar-refractivity contribution < 1.29 is 9.13 Å². The Labute approximate surface area is 113 Å². The molecule has 0 unspecified atom stereocenters. The van der Waals surface area contributed by atoms with Crippen LogP contribution < -0.4 is 10.1 Å². The Balaban J connectivity index is 1.91. The average Bonchev–Trinajstić information content (AvgIpc) is 2.45. The molecule has 1 N–H and O–H groups in total. The van der Waals surface area contributed by atoms with Crippen molar-refractivity contribution in [3.8, 4) is 5.75 Å². The molecule has 0 saturated carbocycles. The molecule has 0 aliphatic heterocycles. The van der Waals surface area contributed by atoms with Crippen molar-refractivity contribution in [1.82, 2.24) is 0 Å². The molecule has 19 heavy (non-hydrogen) atoms. The van der Waals surface area contributed by atoms with Crippen LogP contribution in [0, 0.1) is 5.82 Å². The van der Waals surface area contributed by atoms with E-state index < -0.39 is 0 Å². The summed E-state index contributed by atoms with van der Waals surface area (Å²) in [6.07, 6.45) is 0.997. The Morgan fingerprint density at radius 3 is 2.47 bits per heavy atom. The molecule has 0 aliphatic carbocycles. The van der Waals surface area contributed by atoms with Gasteiger partial charge >= 0.3 is 0 Å². The van der Waals surface area contributed by atoms with Crippen LogP contribution >= 0.6 is 0 Å². The summed E-state index contributed by atoms with van der Waals surface area (Å²) in [5, 5.41) is 3.08. The van der Waals surface area contributed by atoms with E-state index >= 15 is 0 Å². The van der Waals surface area contributed by atoms with Gasteiger partial charge < -0.3 is 10.1 Å². The number of para-hydroxylation sites is 1. The van der Waals surface area contributed by atoms with E-state index in [0.29, 0.717) is 12.2 Å². The predicted molar refractivity (Wildman–Crippen MR) is 76.0 cm³/mol. The average molecular weight is 259 g/mol. The number of hydrogen-bond acceptors (Lipinski definition) is 2. The predicted octanol–water partition coefficient (Wildman–Crippen LogP) is 4.23. The lowest BCUT2D eigenvalue weighted by Gasteiger charge is -2.09. The maximum atomic E-state index is 13.4. The van der Waals surface area contributed by atoms with Crippen LogP contribution in [-0.2, 0) is 6.54 Å². The molecule has 0 spiro atoms. The summed E-state index contributed by atoms with van der Waals surface area (Å²) in [4.78, 5) is 0. The van der Waals surface area contributed by atoms with E-state index in [1.165, 1.54) is 6.07 Å². The van der Waals surface area contributed by atoms with Crippen LogP contribution in [0.3, 0.4) is 0 Å². The van der Waals surface area contributed by atoms with E-state index in [1.54, 1.807) is 12.1 Å². The van der Waals surface area contributed by atoms with Crippen LogP contribution in [0.5, 0.6) is 5.75 Å². The molecule has 100 valence electrons. The Bertz CT molecular complexity index is 510. The lowest BCUT2D eigenvalue weighted by Crippen LogP contribution is -2.01. The topological polar surface area (TPSA) is 21.3 Å². The van der Waals surface area contributed by atoms with Crippen molar-refractivity contribution in [2.75, 3.05) is 11.9 Å². The number of halogens is 1. The standard InChI is InChI=1S/C16H18FNO/c1-2-11-19-14-9-7-13(8-10-14)12-18-16-6-4-3-5-15(16)17/h3-10,18H,2,11-12H2,1H3. The number of anilines is 1. The van der Waals surface area contributed by atoms with Gasteiger partial charge in [0, 0.05) is 6.54 Å². The summed E-state index contributed by atoms with van der Waals surface area (Å²) in [7, 11) is 0. The van der Waals surface area contributed by atoms with Gasteiger partial charge in [-0.3, -0.25) is 0 Å². The number of hydrogen-bond donors (Lipinski definition) is 1. The van der Waals surface area contributed by atoms with Gasteiger partial charge in [0.25, 0.3) is 0 Å². The first-order valence-corrected chi connectivity index (χ1v) is 6.49. The lowest BCUT2D eigenvalue weighted by atomic mass is 10.2. The molecule has 0 radical (unpaired) electrons. The van der Waals surface area contributed by atoms with Gasteiger partial charge in [-0.2, -0.15) is 0 Å². The van der Waals surface area contributed by atoms with Gasteiger partial charge in [-0.25, -0.2) is 4.39 Å². The molecule has 0 fully saturated rings. The van der Waals surface area contributed by atoms with Crippen molar-refractivity contribution in [3.63, 3.8) is 0 Å². The third-order valence-corrected chi connectivity index (χ3v) is 2.75. The van der Waals surface area contributed by atoms with Crippen LogP contribution in [0.15, 0.2) is 48.5 Å². The van der Waals surface area contributed by atoms with Crippen molar-refractivity contribution in [1.29, 1.82) is 0 Å². The van der Waals surface area contributed by atoms with Gasteiger partial charge in [0.15, 0.2) is 0 Å². The Morgan fingerprint density at radius 1 is 1.05 bits per heavy atom. The molecule has 2 rings (SSSR count). The fraction of sp³-hybridized carbons (Fsp3) is 0.250. The monoisotopic (exact) mass is 259 g/mol. The third kappa shape index (κ3) is 3.98. The highest BCUT2D eigenvalue weighted by Gasteiger charge is 2.00. The molecule has 2 nitrogen and oxygen atoms in total. The van der Waals surface area contributed by atoms with Gasteiger partial charge in [-0.05, 0) is 36.2 Å². The van der Waals surface area contributed by atoms with Crippen LogP contribution in [0.2, 0.25) is 0 Å². The summed E-state index contributed by atoms with van der Waals surface area (Å²) < 4.78 is 18.9. The molecule has 0 heterocycles. The first kappa shape index (κ1) is 13.4. The minimum atomic E-state index is -0.231.